The number of aromatic nitrogens is 5. The Morgan fingerprint density at radius 3 is 2.79 bits per heavy atom. The SMILES string of the molecule is COCc1nc2ncc3c(=O)n(NC(=O)COc4ccc(Cl)cc4)ccc3n2n1. The van der Waals surface area contributed by atoms with Crippen molar-refractivity contribution in [2.75, 3.05) is 19.1 Å². The first-order valence-corrected chi connectivity index (χ1v) is 8.86. The molecule has 0 aliphatic heterocycles. The van der Waals surface area contributed by atoms with Crippen molar-refractivity contribution < 1.29 is 14.3 Å². The van der Waals surface area contributed by atoms with Crippen molar-refractivity contribution >= 4 is 34.2 Å². The minimum atomic E-state index is -0.501. The standard InChI is InChI=1S/C18H15ClN6O4/c1-28-9-15-21-18-20-8-13-14(25(18)22-15)6-7-24(17(13)27)23-16(26)10-29-12-4-2-11(19)3-5-12/h2-8H,9-10H2,1H3,(H,23,26). The summed E-state index contributed by atoms with van der Waals surface area (Å²) in [4.78, 5) is 33.2. The number of halogens is 1. The second kappa shape index (κ2) is 7.86. The number of carbonyl (C=O) groups excluding carboxylic acids is 1. The smallest absolute Gasteiger partial charge is 0.280 e. The van der Waals surface area contributed by atoms with E-state index in [1.54, 1.807) is 30.3 Å². The molecule has 0 unspecified atom stereocenters. The van der Waals surface area contributed by atoms with Gasteiger partial charge in [0.2, 0.25) is 0 Å². The van der Waals surface area contributed by atoms with E-state index in [4.69, 9.17) is 21.1 Å². The maximum atomic E-state index is 12.7. The minimum Gasteiger partial charge on any atom is -0.484 e. The van der Waals surface area contributed by atoms with E-state index < -0.39 is 11.5 Å². The summed E-state index contributed by atoms with van der Waals surface area (Å²) in [5.74, 6) is 0.782. The van der Waals surface area contributed by atoms with Crippen LogP contribution in [0.1, 0.15) is 5.82 Å². The Bertz CT molecular complexity index is 1250. The number of fused-ring (bicyclic) bond motifs is 3. The van der Waals surface area contributed by atoms with Gasteiger partial charge < -0.3 is 9.47 Å². The average Bonchev–Trinajstić information content (AvgIpc) is 3.13. The lowest BCUT2D eigenvalue weighted by atomic mass is 10.3. The predicted molar refractivity (Wildman–Crippen MR) is 105 cm³/mol. The number of rotatable bonds is 6. The first kappa shape index (κ1) is 18.8. The van der Waals surface area contributed by atoms with Gasteiger partial charge in [-0.1, -0.05) is 11.6 Å². The highest BCUT2D eigenvalue weighted by atomic mass is 35.5. The Morgan fingerprint density at radius 2 is 2.03 bits per heavy atom. The molecule has 4 rings (SSSR count). The Hall–Kier alpha value is -3.50. The molecule has 29 heavy (non-hydrogen) atoms. The van der Waals surface area contributed by atoms with Crippen LogP contribution >= 0.6 is 11.6 Å². The molecule has 4 aromatic rings. The van der Waals surface area contributed by atoms with Gasteiger partial charge >= 0.3 is 0 Å². The molecule has 0 aliphatic rings. The molecular weight excluding hydrogens is 400 g/mol. The summed E-state index contributed by atoms with van der Waals surface area (Å²) < 4.78 is 12.9. The molecule has 0 atom stereocenters. The maximum absolute atomic E-state index is 12.7. The third kappa shape index (κ3) is 3.89. The number of methoxy groups -OCH3 is 1. The van der Waals surface area contributed by atoms with Crippen molar-refractivity contribution in [2.24, 2.45) is 0 Å². The van der Waals surface area contributed by atoms with E-state index in [1.807, 2.05) is 0 Å². The summed E-state index contributed by atoms with van der Waals surface area (Å²) in [6, 6.07) is 8.23. The number of ether oxygens (including phenoxy) is 2. The summed E-state index contributed by atoms with van der Waals surface area (Å²) in [7, 11) is 1.54. The van der Waals surface area contributed by atoms with Gasteiger partial charge in [0.25, 0.3) is 17.2 Å². The maximum Gasteiger partial charge on any atom is 0.280 e. The van der Waals surface area contributed by atoms with Gasteiger partial charge in [0.1, 0.15) is 12.4 Å². The Kier molecular flexibility index (Phi) is 5.10. The fourth-order valence-electron chi connectivity index (χ4n) is 2.69. The highest BCUT2D eigenvalue weighted by molar-refractivity contribution is 6.30. The van der Waals surface area contributed by atoms with Gasteiger partial charge in [-0.3, -0.25) is 15.0 Å². The molecule has 10 nitrogen and oxygen atoms in total. The van der Waals surface area contributed by atoms with Gasteiger partial charge in [-0.2, -0.15) is 9.50 Å². The number of amides is 1. The quantitative estimate of drug-likeness (QED) is 0.507. The van der Waals surface area contributed by atoms with E-state index in [2.05, 4.69) is 20.5 Å². The normalized spacial score (nSPS) is 11.1. The molecule has 0 radical (unpaired) electrons. The van der Waals surface area contributed by atoms with Gasteiger partial charge in [-0.15, -0.1) is 5.10 Å². The number of hydrogen-bond donors (Lipinski definition) is 1. The van der Waals surface area contributed by atoms with E-state index in [0.29, 0.717) is 27.9 Å². The lowest BCUT2D eigenvalue weighted by Crippen LogP contribution is -2.35. The Labute approximate surface area is 168 Å². The van der Waals surface area contributed by atoms with Crippen LogP contribution in [0.15, 0.2) is 47.5 Å². The van der Waals surface area contributed by atoms with Crippen molar-refractivity contribution in [3.05, 3.63) is 63.9 Å². The Balaban J connectivity index is 1.55. The summed E-state index contributed by atoms with van der Waals surface area (Å²) in [5, 5.41) is 5.12. The van der Waals surface area contributed by atoms with Crippen LogP contribution in [0, 0.1) is 0 Å². The first-order chi connectivity index (χ1) is 14.0. The fraction of sp³-hybridized carbons (Fsp3) is 0.167. The zero-order chi connectivity index (χ0) is 20.4. The molecule has 0 fully saturated rings. The van der Waals surface area contributed by atoms with Crippen molar-refractivity contribution in [1.29, 1.82) is 0 Å². The van der Waals surface area contributed by atoms with Crippen LogP contribution in [0.4, 0.5) is 0 Å². The number of benzene rings is 1. The molecule has 0 aliphatic carbocycles. The molecule has 148 valence electrons. The summed E-state index contributed by atoms with van der Waals surface area (Å²) in [6.07, 6.45) is 2.83. The third-order valence-corrected chi connectivity index (χ3v) is 4.23. The molecule has 0 saturated carbocycles. The van der Waals surface area contributed by atoms with Gasteiger partial charge in [0.05, 0.1) is 10.9 Å². The number of hydrogen-bond acceptors (Lipinski definition) is 7. The first-order valence-electron chi connectivity index (χ1n) is 8.48. The molecule has 11 heteroatoms. The molecular formula is C18H15ClN6O4. The van der Waals surface area contributed by atoms with Crippen LogP contribution in [0.3, 0.4) is 0 Å². The second-order valence-corrected chi connectivity index (χ2v) is 6.43. The highest BCUT2D eigenvalue weighted by Crippen LogP contribution is 2.15. The summed E-state index contributed by atoms with van der Waals surface area (Å²) in [6.45, 7) is -0.0432. The molecule has 1 N–H and O–H groups in total. The monoisotopic (exact) mass is 414 g/mol. The molecule has 0 bridgehead atoms. The van der Waals surface area contributed by atoms with E-state index in [-0.39, 0.29) is 18.6 Å². The lowest BCUT2D eigenvalue weighted by molar-refractivity contribution is -0.119. The fourth-order valence-corrected chi connectivity index (χ4v) is 2.81. The molecule has 1 amide bonds. The van der Waals surface area contributed by atoms with Crippen molar-refractivity contribution in [1.82, 2.24) is 24.3 Å². The van der Waals surface area contributed by atoms with Crippen LogP contribution < -0.4 is 15.7 Å². The van der Waals surface area contributed by atoms with Crippen molar-refractivity contribution in [3.63, 3.8) is 0 Å². The molecule has 0 saturated heterocycles. The van der Waals surface area contributed by atoms with Crippen LogP contribution in [0.25, 0.3) is 16.7 Å². The Morgan fingerprint density at radius 1 is 1.24 bits per heavy atom. The van der Waals surface area contributed by atoms with Crippen LogP contribution in [0.5, 0.6) is 5.75 Å². The second-order valence-electron chi connectivity index (χ2n) is 6.00. The van der Waals surface area contributed by atoms with Crippen LogP contribution in [-0.2, 0) is 16.1 Å². The summed E-state index contributed by atoms with van der Waals surface area (Å²) >= 11 is 5.81. The van der Waals surface area contributed by atoms with Gasteiger partial charge in [0, 0.05) is 24.5 Å². The topological polar surface area (TPSA) is 113 Å². The number of nitrogens with zero attached hydrogens (tertiary/aromatic N) is 5. The van der Waals surface area contributed by atoms with E-state index in [9.17, 15) is 9.59 Å². The summed E-state index contributed by atoms with van der Waals surface area (Å²) in [5.41, 5.74) is 2.53. The number of carbonyl (C=O) groups is 1. The molecule has 0 spiro atoms. The van der Waals surface area contributed by atoms with Gasteiger partial charge in [0.15, 0.2) is 12.4 Å². The van der Waals surface area contributed by atoms with Crippen molar-refractivity contribution in [2.45, 2.75) is 6.61 Å². The van der Waals surface area contributed by atoms with E-state index >= 15 is 0 Å². The molecule has 1 aromatic carbocycles. The number of pyridine rings is 1. The van der Waals surface area contributed by atoms with Gasteiger partial charge in [-0.05, 0) is 30.3 Å². The molecule has 3 heterocycles. The lowest BCUT2D eigenvalue weighted by Gasteiger charge is -2.10. The largest absolute Gasteiger partial charge is 0.484 e. The third-order valence-electron chi connectivity index (χ3n) is 3.98. The average molecular weight is 415 g/mol. The van der Waals surface area contributed by atoms with Crippen molar-refractivity contribution in [3.8, 4) is 5.75 Å². The number of nitrogens with one attached hydrogen (secondary N) is 1. The molecule has 3 aromatic heterocycles. The predicted octanol–water partition coefficient (Wildman–Crippen LogP) is 1.39. The van der Waals surface area contributed by atoms with E-state index in [1.165, 1.54) is 24.0 Å². The highest BCUT2D eigenvalue weighted by Gasteiger charge is 2.12. The van der Waals surface area contributed by atoms with E-state index in [0.717, 1.165) is 4.68 Å². The van der Waals surface area contributed by atoms with Gasteiger partial charge in [-0.25, -0.2) is 9.66 Å². The van der Waals surface area contributed by atoms with Crippen LogP contribution in [0.2, 0.25) is 5.02 Å². The zero-order valence-electron chi connectivity index (χ0n) is 15.2. The van der Waals surface area contributed by atoms with Crippen LogP contribution in [-0.4, -0.2) is 43.9 Å². The zero-order valence-corrected chi connectivity index (χ0v) is 16.0. The minimum absolute atomic E-state index is 0.228.